The maximum atomic E-state index is 11.8. The Balaban J connectivity index is 2.18. The van der Waals surface area contributed by atoms with Crippen molar-refractivity contribution in [1.82, 2.24) is 9.97 Å². The van der Waals surface area contributed by atoms with Crippen molar-refractivity contribution in [1.29, 1.82) is 0 Å². The zero-order chi connectivity index (χ0) is 13.8. The number of nitrogens with one attached hydrogen (secondary N) is 1. The number of carbonyl (C=O) groups excluding carboxylic acids is 1. The second kappa shape index (κ2) is 5.40. The number of carbonyl (C=O) groups is 1. The number of nitrogens with zero attached hydrogens (tertiary/aromatic N) is 3. The fraction of sp³-hybridized carbons (Fsp3) is 0. The van der Waals surface area contributed by atoms with Crippen molar-refractivity contribution in [3.8, 4) is 0 Å². The molecule has 1 aromatic carbocycles. The maximum Gasteiger partial charge on any atom is 0.270 e. The Hall–Kier alpha value is -2.54. The number of benzene rings is 1. The first-order valence-corrected chi connectivity index (χ1v) is 5.47. The molecule has 0 aliphatic rings. The minimum Gasteiger partial charge on any atom is -0.305 e. The van der Waals surface area contributed by atoms with Gasteiger partial charge in [-0.2, -0.15) is 0 Å². The van der Waals surface area contributed by atoms with Gasteiger partial charge in [0.25, 0.3) is 11.6 Å². The van der Waals surface area contributed by atoms with Gasteiger partial charge in [-0.1, -0.05) is 17.7 Å². The summed E-state index contributed by atoms with van der Waals surface area (Å²) in [7, 11) is 0. The highest BCUT2D eigenvalue weighted by molar-refractivity contribution is 6.29. The SMILES string of the molecule is O=C(Nc1cnc(Cl)cn1)c1cccc([N+](=O)[O-])c1. The normalized spacial score (nSPS) is 9.95. The minimum absolute atomic E-state index is 0.158. The summed E-state index contributed by atoms with van der Waals surface area (Å²) in [5, 5.41) is 13.3. The van der Waals surface area contributed by atoms with Crippen LogP contribution in [0.25, 0.3) is 0 Å². The van der Waals surface area contributed by atoms with E-state index in [0.29, 0.717) is 0 Å². The maximum absolute atomic E-state index is 11.8. The summed E-state index contributed by atoms with van der Waals surface area (Å²) < 4.78 is 0. The van der Waals surface area contributed by atoms with Crippen LogP contribution in [-0.4, -0.2) is 20.8 Å². The summed E-state index contributed by atoms with van der Waals surface area (Å²) in [4.78, 5) is 29.5. The van der Waals surface area contributed by atoms with Crippen molar-refractivity contribution < 1.29 is 9.72 Å². The van der Waals surface area contributed by atoms with Gasteiger partial charge in [0, 0.05) is 17.7 Å². The Morgan fingerprint density at radius 3 is 2.74 bits per heavy atom. The van der Waals surface area contributed by atoms with Crippen LogP contribution in [0.3, 0.4) is 0 Å². The summed E-state index contributed by atoms with van der Waals surface area (Å²) in [6, 6.07) is 5.38. The number of amides is 1. The van der Waals surface area contributed by atoms with E-state index in [1.807, 2.05) is 0 Å². The third-order valence-electron chi connectivity index (χ3n) is 2.18. The first-order chi connectivity index (χ1) is 9.06. The van der Waals surface area contributed by atoms with E-state index in [1.54, 1.807) is 0 Å². The molecule has 96 valence electrons. The minimum atomic E-state index is -0.571. The van der Waals surface area contributed by atoms with Gasteiger partial charge in [-0.05, 0) is 6.07 Å². The van der Waals surface area contributed by atoms with Crippen LogP contribution in [0.5, 0.6) is 0 Å². The zero-order valence-electron chi connectivity index (χ0n) is 9.41. The van der Waals surface area contributed by atoms with Crippen LogP contribution in [0.2, 0.25) is 5.15 Å². The average molecular weight is 279 g/mol. The number of hydrogen-bond acceptors (Lipinski definition) is 5. The largest absolute Gasteiger partial charge is 0.305 e. The molecule has 8 heteroatoms. The molecule has 2 rings (SSSR count). The molecule has 0 radical (unpaired) electrons. The molecule has 2 aromatic rings. The molecule has 0 saturated heterocycles. The Bertz CT molecular complexity index is 630. The molecule has 0 saturated carbocycles. The molecule has 7 nitrogen and oxygen atoms in total. The van der Waals surface area contributed by atoms with Crippen LogP contribution in [0, 0.1) is 10.1 Å². The molecule has 0 aliphatic carbocycles. The van der Waals surface area contributed by atoms with E-state index in [9.17, 15) is 14.9 Å². The summed E-state index contributed by atoms with van der Waals surface area (Å²) in [5.74, 6) is -0.304. The standard InChI is InChI=1S/C11H7ClN4O3/c12-9-5-14-10(6-13-9)15-11(17)7-2-1-3-8(4-7)16(18)19/h1-6H,(H,14,15,17). The van der Waals surface area contributed by atoms with E-state index in [0.717, 1.165) is 0 Å². The Morgan fingerprint density at radius 1 is 1.32 bits per heavy atom. The molecule has 0 atom stereocenters. The van der Waals surface area contributed by atoms with Crippen LogP contribution >= 0.6 is 11.6 Å². The fourth-order valence-corrected chi connectivity index (χ4v) is 1.42. The van der Waals surface area contributed by atoms with Gasteiger partial charge in [-0.25, -0.2) is 9.97 Å². The van der Waals surface area contributed by atoms with E-state index in [-0.39, 0.29) is 22.2 Å². The highest BCUT2D eigenvalue weighted by Crippen LogP contribution is 2.14. The van der Waals surface area contributed by atoms with Crippen molar-refractivity contribution in [2.24, 2.45) is 0 Å². The molecule has 1 heterocycles. The molecule has 1 N–H and O–H groups in total. The van der Waals surface area contributed by atoms with E-state index in [2.05, 4.69) is 15.3 Å². The molecule has 0 aliphatic heterocycles. The fourth-order valence-electron chi connectivity index (χ4n) is 1.33. The van der Waals surface area contributed by atoms with Crippen LogP contribution in [0.4, 0.5) is 11.5 Å². The van der Waals surface area contributed by atoms with Crippen molar-refractivity contribution in [3.63, 3.8) is 0 Å². The molecule has 1 aromatic heterocycles. The molecule has 0 unspecified atom stereocenters. The Morgan fingerprint density at radius 2 is 2.11 bits per heavy atom. The number of halogens is 1. The highest BCUT2D eigenvalue weighted by atomic mass is 35.5. The van der Waals surface area contributed by atoms with Crippen molar-refractivity contribution in [3.05, 3.63) is 57.5 Å². The van der Waals surface area contributed by atoms with Gasteiger partial charge in [0.15, 0.2) is 5.82 Å². The molecule has 0 spiro atoms. The molecular weight excluding hydrogens is 272 g/mol. The third-order valence-corrected chi connectivity index (χ3v) is 2.38. The Kier molecular flexibility index (Phi) is 3.67. The first kappa shape index (κ1) is 12.9. The second-order valence-electron chi connectivity index (χ2n) is 3.49. The van der Waals surface area contributed by atoms with E-state index in [4.69, 9.17) is 11.6 Å². The van der Waals surface area contributed by atoms with E-state index in [1.165, 1.54) is 36.7 Å². The Labute approximate surface area is 112 Å². The molecule has 0 bridgehead atoms. The smallest absolute Gasteiger partial charge is 0.270 e. The van der Waals surface area contributed by atoms with Crippen molar-refractivity contribution in [2.45, 2.75) is 0 Å². The summed E-state index contributed by atoms with van der Waals surface area (Å²) in [6.07, 6.45) is 2.57. The van der Waals surface area contributed by atoms with Crippen LogP contribution in [0.15, 0.2) is 36.7 Å². The summed E-state index contributed by atoms with van der Waals surface area (Å²) >= 11 is 5.56. The van der Waals surface area contributed by atoms with Crippen LogP contribution in [0.1, 0.15) is 10.4 Å². The number of nitro groups is 1. The van der Waals surface area contributed by atoms with Crippen LogP contribution in [-0.2, 0) is 0 Å². The average Bonchev–Trinajstić information content (AvgIpc) is 2.41. The van der Waals surface area contributed by atoms with Gasteiger partial charge in [-0.15, -0.1) is 0 Å². The number of rotatable bonds is 3. The highest BCUT2D eigenvalue weighted by Gasteiger charge is 2.12. The third kappa shape index (κ3) is 3.23. The lowest BCUT2D eigenvalue weighted by atomic mass is 10.2. The van der Waals surface area contributed by atoms with Crippen molar-refractivity contribution in [2.75, 3.05) is 5.32 Å². The number of non-ortho nitro benzene ring substituents is 1. The number of anilines is 1. The van der Waals surface area contributed by atoms with Crippen molar-refractivity contribution >= 4 is 29.0 Å². The van der Waals surface area contributed by atoms with E-state index < -0.39 is 10.8 Å². The predicted octanol–water partition coefficient (Wildman–Crippen LogP) is 2.29. The number of aromatic nitrogens is 2. The second-order valence-corrected chi connectivity index (χ2v) is 3.87. The van der Waals surface area contributed by atoms with Gasteiger partial charge >= 0.3 is 0 Å². The molecular formula is C11H7ClN4O3. The van der Waals surface area contributed by atoms with Gasteiger partial charge in [0.2, 0.25) is 0 Å². The quantitative estimate of drug-likeness (QED) is 0.686. The topological polar surface area (TPSA) is 98.0 Å². The molecule has 1 amide bonds. The summed E-state index contributed by atoms with van der Waals surface area (Å²) in [5.41, 5.74) is 0.000732. The summed E-state index contributed by atoms with van der Waals surface area (Å²) in [6.45, 7) is 0. The van der Waals surface area contributed by atoms with Gasteiger partial charge in [0.05, 0.1) is 17.3 Å². The molecule has 0 fully saturated rings. The number of hydrogen-bond donors (Lipinski definition) is 1. The van der Waals surface area contributed by atoms with Gasteiger partial charge in [0.1, 0.15) is 5.15 Å². The van der Waals surface area contributed by atoms with E-state index >= 15 is 0 Å². The lowest BCUT2D eigenvalue weighted by Gasteiger charge is -2.03. The number of nitro benzene ring substituents is 1. The van der Waals surface area contributed by atoms with Crippen LogP contribution < -0.4 is 5.32 Å². The van der Waals surface area contributed by atoms with Gasteiger partial charge in [-0.3, -0.25) is 14.9 Å². The first-order valence-electron chi connectivity index (χ1n) is 5.09. The zero-order valence-corrected chi connectivity index (χ0v) is 10.2. The lowest BCUT2D eigenvalue weighted by molar-refractivity contribution is -0.384. The lowest BCUT2D eigenvalue weighted by Crippen LogP contribution is -2.13. The molecule has 19 heavy (non-hydrogen) atoms. The monoisotopic (exact) mass is 278 g/mol. The van der Waals surface area contributed by atoms with Gasteiger partial charge < -0.3 is 5.32 Å². The predicted molar refractivity (Wildman–Crippen MR) is 68.1 cm³/mol.